The summed E-state index contributed by atoms with van der Waals surface area (Å²) < 4.78 is 2.35. The number of fused-ring (bicyclic) bond motifs is 1. The van der Waals surface area contributed by atoms with Crippen LogP contribution in [0.4, 0.5) is 0 Å². The molecule has 0 aliphatic carbocycles. The summed E-state index contributed by atoms with van der Waals surface area (Å²) in [5.41, 5.74) is 2.50. The molecule has 0 radical (unpaired) electrons. The molecule has 0 unspecified atom stereocenters. The molecule has 21 heavy (non-hydrogen) atoms. The van der Waals surface area contributed by atoms with Crippen molar-refractivity contribution >= 4 is 11.0 Å². The molecule has 116 valence electrons. The Kier molecular flexibility index (Phi) is 5.80. The summed E-state index contributed by atoms with van der Waals surface area (Å²) in [6, 6.07) is 4.23. The van der Waals surface area contributed by atoms with Crippen LogP contribution in [0, 0.1) is 11.8 Å². The van der Waals surface area contributed by atoms with Gasteiger partial charge < -0.3 is 9.88 Å². The third-order valence-corrected chi connectivity index (χ3v) is 4.19. The van der Waals surface area contributed by atoms with Gasteiger partial charge in [-0.1, -0.05) is 40.5 Å². The van der Waals surface area contributed by atoms with Crippen molar-refractivity contribution in [3.05, 3.63) is 30.1 Å². The number of hydrogen-bond acceptors (Lipinski definition) is 2. The number of nitrogens with one attached hydrogen (secondary N) is 1. The number of nitrogens with zero attached hydrogens (tertiary/aromatic N) is 2. The van der Waals surface area contributed by atoms with E-state index in [2.05, 4.69) is 54.8 Å². The van der Waals surface area contributed by atoms with Gasteiger partial charge in [-0.3, -0.25) is 0 Å². The number of hydrogen-bond donors (Lipinski definition) is 1. The van der Waals surface area contributed by atoms with Crippen molar-refractivity contribution in [2.24, 2.45) is 11.8 Å². The first-order chi connectivity index (χ1) is 10.2. The molecular weight excluding hydrogens is 258 g/mol. The van der Waals surface area contributed by atoms with Crippen LogP contribution < -0.4 is 5.32 Å². The normalized spacial score (nSPS) is 11.9. The van der Waals surface area contributed by atoms with Gasteiger partial charge in [0.2, 0.25) is 0 Å². The summed E-state index contributed by atoms with van der Waals surface area (Å²) in [6.07, 6.45) is 6.65. The molecule has 2 heterocycles. The van der Waals surface area contributed by atoms with Crippen LogP contribution in [0.3, 0.4) is 0 Å². The van der Waals surface area contributed by atoms with E-state index in [4.69, 9.17) is 0 Å². The van der Waals surface area contributed by atoms with Crippen molar-refractivity contribution in [2.75, 3.05) is 6.54 Å². The Bertz CT molecular complexity index is 553. The van der Waals surface area contributed by atoms with Crippen molar-refractivity contribution in [1.29, 1.82) is 0 Å². The SMILES string of the molecule is CCC(CC)Cn1cc(CNCC(C)C)c2cccnc21. The minimum atomic E-state index is 0.682. The smallest absolute Gasteiger partial charge is 0.140 e. The number of rotatable bonds is 8. The fourth-order valence-corrected chi connectivity index (χ4v) is 2.80. The van der Waals surface area contributed by atoms with Crippen LogP contribution in [-0.4, -0.2) is 16.1 Å². The van der Waals surface area contributed by atoms with Crippen LogP contribution in [-0.2, 0) is 13.1 Å². The molecular formula is C18H29N3. The summed E-state index contributed by atoms with van der Waals surface area (Å²) in [6.45, 7) is 12.1. The molecule has 0 spiro atoms. The second-order valence-corrected chi connectivity index (χ2v) is 6.39. The first-order valence-corrected chi connectivity index (χ1v) is 8.29. The van der Waals surface area contributed by atoms with Gasteiger partial charge in [-0.2, -0.15) is 0 Å². The van der Waals surface area contributed by atoms with Crippen molar-refractivity contribution in [3.8, 4) is 0 Å². The van der Waals surface area contributed by atoms with Crippen LogP contribution in [0.15, 0.2) is 24.5 Å². The van der Waals surface area contributed by atoms with Crippen LogP contribution in [0.25, 0.3) is 11.0 Å². The van der Waals surface area contributed by atoms with Crippen LogP contribution in [0.1, 0.15) is 46.1 Å². The molecule has 2 aromatic heterocycles. The molecule has 1 N–H and O–H groups in total. The Morgan fingerprint density at radius 1 is 1.24 bits per heavy atom. The standard InChI is InChI=1S/C18H29N3/c1-5-15(6-2)12-21-13-16(11-19-10-14(3)4)17-8-7-9-20-18(17)21/h7-9,13-15,19H,5-6,10-12H2,1-4H3. The van der Waals surface area contributed by atoms with Gasteiger partial charge in [-0.15, -0.1) is 0 Å². The average molecular weight is 287 g/mol. The maximum atomic E-state index is 4.60. The van der Waals surface area contributed by atoms with Crippen molar-refractivity contribution in [1.82, 2.24) is 14.9 Å². The van der Waals surface area contributed by atoms with Gasteiger partial charge >= 0.3 is 0 Å². The van der Waals surface area contributed by atoms with Crippen molar-refractivity contribution in [2.45, 2.75) is 53.6 Å². The Labute approximate surface area is 128 Å². The van der Waals surface area contributed by atoms with Crippen molar-refractivity contribution in [3.63, 3.8) is 0 Å². The lowest BCUT2D eigenvalue weighted by atomic mass is 10.0. The van der Waals surface area contributed by atoms with Gasteiger partial charge in [0.1, 0.15) is 5.65 Å². The molecule has 0 aliphatic heterocycles. The lowest BCUT2D eigenvalue weighted by Gasteiger charge is -2.13. The average Bonchev–Trinajstić information content (AvgIpc) is 2.83. The molecule has 0 atom stereocenters. The quantitative estimate of drug-likeness (QED) is 0.788. The fourth-order valence-electron chi connectivity index (χ4n) is 2.80. The highest BCUT2D eigenvalue weighted by Crippen LogP contribution is 2.22. The minimum absolute atomic E-state index is 0.682. The Morgan fingerprint density at radius 2 is 2.00 bits per heavy atom. The molecule has 2 rings (SSSR count). The monoisotopic (exact) mass is 287 g/mol. The summed E-state index contributed by atoms with van der Waals surface area (Å²) in [5, 5.41) is 4.84. The van der Waals surface area contributed by atoms with Crippen molar-refractivity contribution < 1.29 is 0 Å². The van der Waals surface area contributed by atoms with E-state index in [0.29, 0.717) is 5.92 Å². The van der Waals surface area contributed by atoms with Gasteiger partial charge in [-0.25, -0.2) is 4.98 Å². The second-order valence-electron chi connectivity index (χ2n) is 6.39. The largest absolute Gasteiger partial charge is 0.332 e. The third kappa shape index (κ3) is 4.07. The maximum Gasteiger partial charge on any atom is 0.140 e. The molecule has 0 aromatic carbocycles. The summed E-state index contributed by atoms with van der Waals surface area (Å²) in [4.78, 5) is 4.60. The Balaban J connectivity index is 2.21. The molecule has 0 aliphatic rings. The highest BCUT2D eigenvalue weighted by molar-refractivity contribution is 5.80. The predicted octanol–water partition coefficient (Wildman–Crippen LogP) is 4.22. The number of pyridine rings is 1. The van der Waals surface area contributed by atoms with E-state index in [9.17, 15) is 0 Å². The van der Waals surface area contributed by atoms with Gasteiger partial charge in [0, 0.05) is 30.9 Å². The highest BCUT2D eigenvalue weighted by Gasteiger charge is 2.12. The van der Waals surface area contributed by atoms with E-state index in [1.54, 1.807) is 0 Å². The summed E-state index contributed by atoms with van der Waals surface area (Å²) in [5.74, 6) is 1.42. The van der Waals surface area contributed by atoms with Gasteiger partial charge in [0.05, 0.1) is 0 Å². The number of aromatic nitrogens is 2. The van der Waals surface area contributed by atoms with Crippen LogP contribution in [0.2, 0.25) is 0 Å². The molecule has 3 heteroatoms. The van der Waals surface area contributed by atoms with Gasteiger partial charge in [-0.05, 0) is 36.1 Å². The summed E-state index contributed by atoms with van der Waals surface area (Å²) >= 11 is 0. The lowest BCUT2D eigenvalue weighted by Crippen LogP contribution is -2.18. The highest BCUT2D eigenvalue weighted by atomic mass is 15.0. The van der Waals surface area contributed by atoms with E-state index in [-0.39, 0.29) is 0 Å². The molecule has 0 saturated heterocycles. The van der Waals surface area contributed by atoms with E-state index < -0.39 is 0 Å². The molecule has 3 nitrogen and oxygen atoms in total. The van der Waals surface area contributed by atoms with Gasteiger partial charge in [0.15, 0.2) is 0 Å². The van der Waals surface area contributed by atoms with Crippen LogP contribution in [0.5, 0.6) is 0 Å². The van der Waals surface area contributed by atoms with E-state index in [0.717, 1.165) is 31.2 Å². The third-order valence-electron chi connectivity index (χ3n) is 4.19. The first-order valence-electron chi connectivity index (χ1n) is 8.29. The van der Waals surface area contributed by atoms with E-state index in [1.165, 1.54) is 23.8 Å². The minimum Gasteiger partial charge on any atom is -0.332 e. The Morgan fingerprint density at radius 3 is 2.67 bits per heavy atom. The molecule has 0 saturated carbocycles. The lowest BCUT2D eigenvalue weighted by molar-refractivity contribution is 0.423. The maximum absolute atomic E-state index is 4.60. The van der Waals surface area contributed by atoms with E-state index >= 15 is 0 Å². The Hall–Kier alpha value is -1.35. The molecule has 2 aromatic rings. The second kappa shape index (κ2) is 7.60. The zero-order valence-electron chi connectivity index (χ0n) is 13.9. The summed E-state index contributed by atoms with van der Waals surface area (Å²) in [7, 11) is 0. The zero-order chi connectivity index (χ0) is 15.2. The predicted molar refractivity (Wildman–Crippen MR) is 90.3 cm³/mol. The fraction of sp³-hybridized carbons (Fsp3) is 0.611. The topological polar surface area (TPSA) is 29.9 Å². The van der Waals surface area contributed by atoms with Crippen LogP contribution >= 0.6 is 0 Å². The molecule has 0 bridgehead atoms. The van der Waals surface area contributed by atoms with Gasteiger partial charge in [0.25, 0.3) is 0 Å². The van der Waals surface area contributed by atoms with E-state index in [1.807, 2.05) is 12.3 Å². The first kappa shape index (κ1) is 16.0. The molecule has 0 fully saturated rings. The zero-order valence-corrected chi connectivity index (χ0v) is 13.9. The molecule has 0 amide bonds.